The maximum atomic E-state index is 12.5. The van der Waals surface area contributed by atoms with Crippen LogP contribution in [0, 0.1) is 0 Å². The molecular weight excluding hydrogens is 348 g/mol. The van der Waals surface area contributed by atoms with Gasteiger partial charge in [0, 0.05) is 19.6 Å². The lowest BCUT2D eigenvalue weighted by molar-refractivity contribution is 0.0758. The van der Waals surface area contributed by atoms with Crippen LogP contribution in [0.4, 0.5) is 4.79 Å². The molecule has 1 aliphatic heterocycles. The van der Waals surface area contributed by atoms with Crippen molar-refractivity contribution in [2.24, 2.45) is 0 Å². The molecule has 9 heteroatoms. The first-order valence-electron chi connectivity index (χ1n) is 7.75. The summed E-state index contributed by atoms with van der Waals surface area (Å²) in [5, 5.41) is 9.73. The Hall–Kier alpha value is -2.00. The van der Waals surface area contributed by atoms with Crippen molar-refractivity contribution >= 4 is 16.1 Å². The summed E-state index contributed by atoms with van der Waals surface area (Å²) in [7, 11) is -0.793. The van der Waals surface area contributed by atoms with Crippen molar-refractivity contribution in [2.75, 3.05) is 26.6 Å². The van der Waals surface area contributed by atoms with Gasteiger partial charge in [0.15, 0.2) is 11.5 Å². The highest BCUT2D eigenvalue weighted by molar-refractivity contribution is 7.89. The molecule has 1 aliphatic rings. The maximum absolute atomic E-state index is 12.5. The Labute approximate surface area is 148 Å². The number of amides is 1. The Balaban J connectivity index is 2.53. The van der Waals surface area contributed by atoms with Gasteiger partial charge in [0.05, 0.1) is 11.8 Å². The van der Waals surface area contributed by atoms with E-state index < -0.39 is 27.7 Å². The molecule has 1 unspecified atom stereocenters. The molecule has 2 rings (SSSR count). The normalized spacial score (nSPS) is 15.3. The van der Waals surface area contributed by atoms with E-state index in [1.165, 1.54) is 14.1 Å². The zero-order valence-electron chi connectivity index (χ0n) is 15.0. The fourth-order valence-electron chi connectivity index (χ4n) is 2.68. The third-order valence-electron chi connectivity index (χ3n) is 3.95. The largest absolute Gasteiger partial charge is 0.465 e. The molecule has 0 radical (unpaired) electrons. The number of hydrogen-bond donors (Lipinski definition) is 1. The molecule has 0 aliphatic carbocycles. The highest BCUT2D eigenvalue weighted by atomic mass is 32.2. The number of fused-ring (bicyclic) bond motifs is 1. The summed E-state index contributed by atoms with van der Waals surface area (Å²) in [4.78, 5) is 13.1. The smallest absolute Gasteiger partial charge is 0.408 e. The van der Waals surface area contributed by atoms with Crippen molar-refractivity contribution in [2.45, 2.75) is 32.4 Å². The van der Waals surface area contributed by atoms with Crippen LogP contribution in [-0.2, 0) is 10.0 Å². The fourth-order valence-corrected chi connectivity index (χ4v) is 3.72. The van der Waals surface area contributed by atoms with Gasteiger partial charge in [-0.2, -0.15) is 0 Å². The van der Waals surface area contributed by atoms with Gasteiger partial charge in [-0.05, 0) is 38.5 Å². The van der Waals surface area contributed by atoms with Crippen LogP contribution in [0.15, 0.2) is 18.2 Å². The molecule has 1 heterocycles. The van der Waals surface area contributed by atoms with Crippen molar-refractivity contribution in [3.63, 3.8) is 0 Å². The SMILES string of the molecule is CN(C)S(=O)(=O)CC(c1ccc2c(c1)OCO2)N(C(=O)O)C(C)(C)C. The molecule has 0 fully saturated rings. The molecule has 8 nitrogen and oxygen atoms in total. The topological polar surface area (TPSA) is 96.4 Å². The molecule has 140 valence electrons. The summed E-state index contributed by atoms with van der Waals surface area (Å²) in [6.07, 6.45) is -1.19. The van der Waals surface area contributed by atoms with E-state index in [0.29, 0.717) is 17.1 Å². The van der Waals surface area contributed by atoms with Crippen molar-refractivity contribution < 1.29 is 27.8 Å². The average molecular weight is 372 g/mol. The number of benzene rings is 1. The summed E-state index contributed by atoms with van der Waals surface area (Å²) in [6, 6.07) is 4.08. The number of hydrogen-bond acceptors (Lipinski definition) is 5. The van der Waals surface area contributed by atoms with E-state index >= 15 is 0 Å². The van der Waals surface area contributed by atoms with Crippen molar-refractivity contribution in [3.05, 3.63) is 23.8 Å². The van der Waals surface area contributed by atoms with E-state index in [0.717, 1.165) is 9.21 Å². The van der Waals surface area contributed by atoms with Gasteiger partial charge in [0.25, 0.3) is 0 Å². The van der Waals surface area contributed by atoms with E-state index in [4.69, 9.17) is 9.47 Å². The van der Waals surface area contributed by atoms with Gasteiger partial charge in [0.2, 0.25) is 16.8 Å². The highest BCUT2D eigenvalue weighted by Gasteiger charge is 2.38. The fraction of sp³-hybridized carbons (Fsp3) is 0.562. The van der Waals surface area contributed by atoms with E-state index in [1.807, 2.05) is 0 Å². The van der Waals surface area contributed by atoms with Crippen LogP contribution in [0.2, 0.25) is 0 Å². The quantitative estimate of drug-likeness (QED) is 0.850. The first-order chi connectivity index (χ1) is 11.4. The summed E-state index contributed by atoms with van der Waals surface area (Å²) in [5.74, 6) is 0.656. The van der Waals surface area contributed by atoms with Gasteiger partial charge in [-0.1, -0.05) is 6.07 Å². The molecule has 25 heavy (non-hydrogen) atoms. The average Bonchev–Trinajstić information content (AvgIpc) is 2.91. The number of ether oxygens (including phenoxy) is 2. The van der Waals surface area contributed by atoms with Gasteiger partial charge in [-0.25, -0.2) is 17.5 Å². The number of carboxylic acid groups (broad SMARTS) is 1. The van der Waals surface area contributed by atoms with Crippen LogP contribution >= 0.6 is 0 Å². The van der Waals surface area contributed by atoms with Gasteiger partial charge in [-0.15, -0.1) is 0 Å². The van der Waals surface area contributed by atoms with E-state index in [-0.39, 0.29) is 12.5 Å². The number of rotatable bonds is 5. The molecule has 1 N–H and O–H groups in total. The van der Waals surface area contributed by atoms with Crippen LogP contribution in [0.1, 0.15) is 32.4 Å². The van der Waals surface area contributed by atoms with Gasteiger partial charge >= 0.3 is 6.09 Å². The summed E-state index contributed by atoms with van der Waals surface area (Å²) < 4.78 is 36.6. The first-order valence-corrected chi connectivity index (χ1v) is 9.36. The summed E-state index contributed by atoms with van der Waals surface area (Å²) >= 11 is 0. The number of sulfonamides is 1. The summed E-state index contributed by atoms with van der Waals surface area (Å²) in [6.45, 7) is 5.26. The van der Waals surface area contributed by atoms with E-state index in [2.05, 4.69) is 0 Å². The van der Waals surface area contributed by atoms with Crippen LogP contribution < -0.4 is 9.47 Å². The third-order valence-corrected chi connectivity index (χ3v) is 5.80. The zero-order chi connectivity index (χ0) is 19.0. The number of carbonyl (C=O) groups is 1. The van der Waals surface area contributed by atoms with E-state index in [1.54, 1.807) is 39.0 Å². The minimum atomic E-state index is -3.64. The Bertz CT molecular complexity index is 754. The van der Waals surface area contributed by atoms with Crippen molar-refractivity contribution in [1.29, 1.82) is 0 Å². The molecule has 1 aromatic carbocycles. The molecule has 0 saturated heterocycles. The summed E-state index contributed by atoms with van der Waals surface area (Å²) in [5.41, 5.74) is -0.263. The zero-order valence-corrected chi connectivity index (χ0v) is 15.8. The lowest BCUT2D eigenvalue weighted by Crippen LogP contribution is -2.49. The van der Waals surface area contributed by atoms with E-state index in [9.17, 15) is 18.3 Å². The minimum Gasteiger partial charge on any atom is -0.465 e. The van der Waals surface area contributed by atoms with Crippen LogP contribution in [0.5, 0.6) is 11.5 Å². The molecule has 1 aromatic rings. The Morgan fingerprint density at radius 2 is 1.84 bits per heavy atom. The Morgan fingerprint density at radius 1 is 1.24 bits per heavy atom. The lowest BCUT2D eigenvalue weighted by Gasteiger charge is -2.40. The predicted molar refractivity (Wildman–Crippen MR) is 92.4 cm³/mol. The molecular formula is C16H24N2O6S. The van der Waals surface area contributed by atoms with Gasteiger partial charge in [0.1, 0.15) is 0 Å². The monoisotopic (exact) mass is 372 g/mol. The van der Waals surface area contributed by atoms with Crippen molar-refractivity contribution in [1.82, 2.24) is 9.21 Å². The molecule has 0 bridgehead atoms. The van der Waals surface area contributed by atoms with Crippen LogP contribution in [0.3, 0.4) is 0 Å². The van der Waals surface area contributed by atoms with Gasteiger partial charge in [-0.3, -0.25) is 4.90 Å². The van der Waals surface area contributed by atoms with Crippen LogP contribution in [-0.4, -0.2) is 61.0 Å². The second-order valence-electron chi connectivity index (χ2n) is 7.01. The predicted octanol–water partition coefficient (Wildman–Crippen LogP) is 2.13. The lowest BCUT2D eigenvalue weighted by atomic mass is 9.99. The minimum absolute atomic E-state index is 0.0847. The molecule has 0 saturated carbocycles. The highest BCUT2D eigenvalue weighted by Crippen LogP contribution is 2.37. The number of nitrogens with zero attached hydrogens (tertiary/aromatic N) is 2. The Kier molecular flexibility index (Phi) is 5.19. The second-order valence-corrected chi connectivity index (χ2v) is 9.24. The molecule has 1 amide bonds. The maximum Gasteiger partial charge on any atom is 0.408 e. The molecule has 0 aromatic heterocycles. The van der Waals surface area contributed by atoms with Gasteiger partial charge < -0.3 is 14.6 Å². The standard InChI is InChI=1S/C16H24N2O6S/c1-16(2,3)18(15(19)20)12(9-25(21,22)17(4)5)11-6-7-13-14(8-11)24-10-23-13/h6-8,12H,9-10H2,1-5H3,(H,19,20). The Morgan fingerprint density at radius 3 is 2.36 bits per heavy atom. The van der Waals surface area contributed by atoms with Crippen LogP contribution in [0.25, 0.3) is 0 Å². The molecule has 1 atom stereocenters. The second kappa shape index (κ2) is 6.72. The van der Waals surface area contributed by atoms with Crippen molar-refractivity contribution in [3.8, 4) is 11.5 Å². The first kappa shape index (κ1) is 19.3. The molecule has 0 spiro atoms. The third kappa shape index (κ3) is 4.16.